The number of nitrogens with one attached hydrogen (secondary N) is 2. The van der Waals surface area contributed by atoms with Gasteiger partial charge in [-0.3, -0.25) is 9.59 Å². The summed E-state index contributed by atoms with van der Waals surface area (Å²) in [5.41, 5.74) is 4.48. The van der Waals surface area contributed by atoms with E-state index in [0.717, 1.165) is 33.5 Å². The first-order valence-corrected chi connectivity index (χ1v) is 12.7. The van der Waals surface area contributed by atoms with Crippen LogP contribution in [0.1, 0.15) is 28.9 Å². The van der Waals surface area contributed by atoms with E-state index in [1.54, 1.807) is 12.5 Å². The van der Waals surface area contributed by atoms with Crippen LogP contribution in [0.15, 0.2) is 43.0 Å². The molecule has 1 spiro atoms. The van der Waals surface area contributed by atoms with Gasteiger partial charge in [-0.25, -0.2) is 15.0 Å². The van der Waals surface area contributed by atoms with Crippen LogP contribution in [0.25, 0.3) is 22.3 Å². The molecule has 2 aliphatic rings. The number of hydrogen-bond acceptors (Lipinski definition) is 7. The number of carbonyl (C=O) groups is 2. The number of rotatable bonds is 4. The molecule has 38 heavy (non-hydrogen) atoms. The topological polar surface area (TPSA) is 121 Å². The van der Waals surface area contributed by atoms with Gasteiger partial charge >= 0.3 is 0 Å². The molecule has 0 bridgehead atoms. The van der Waals surface area contributed by atoms with Crippen molar-refractivity contribution in [2.75, 3.05) is 38.7 Å². The lowest BCUT2D eigenvalue weighted by Crippen LogP contribution is -2.62. The number of imidazole rings is 1. The van der Waals surface area contributed by atoms with Crippen molar-refractivity contribution < 1.29 is 14.3 Å². The first-order valence-electron chi connectivity index (χ1n) is 12.7. The molecule has 11 nitrogen and oxygen atoms in total. The molecular formula is C27H30N8O3. The molecule has 0 saturated carbocycles. The number of hydrogen-bond donors (Lipinski definition) is 2. The Morgan fingerprint density at radius 1 is 1.13 bits per heavy atom. The Kier molecular flexibility index (Phi) is 5.87. The number of anilines is 2. The fourth-order valence-corrected chi connectivity index (χ4v) is 5.41. The molecule has 0 unspecified atom stereocenters. The first kappa shape index (κ1) is 24.1. The summed E-state index contributed by atoms with van der Waals surface area (Å²) in [6, 6.07) is 7.71. The fraction of sp³-hybridized carbons (Fsp3) is 0.370. The van der Waals surface area contributed by atoms with Crippen LogP contribution in [-0.4, -0.2) is 85.0 Å². The molecule has 2 fully saturated rings. The summed E-state index contributed by atoms with van der Waals surface area (Å²) in [6.45, 7) is 3.81. The van der Waals surface area contributed by atoms with Gasteiger partial charge in [0, 0.05) is 56.2 Å². The Balaban J connectivity index is 1.19. The van der Waals surface area contributed by atoms with Crippen molar-refractivity contribution in [3.05, 3.63) is 54.2 Å². The van der Waals surface area contributed by atoms with E-state index in [1.807, 2.05) is 65.8 Å². The van der Waals surface area contributed by atoms with E-state index in [-0.39, 0.29) is 24.0 Å². The molecule has 0 radical (unpaired) electrons. The van der Waals surface area contributed by atoms with Gasteiger partial charge in [-0.1, -0.05) is 0 Å². The Morgan fingerprint density at radius 2 is 1.95 bits per heavy atom. The number of nitrogens with zero attached hydrogens (tertiary/aromatic N) is 6. The number of likely N-dealkylation sites (N-methyl/N-ethyl adjacent to an activating group) is 1. The lowest BCUT2D eigenvalue weighted by Gasteiger charge is -2.49. The molecule has 1 aromatic carbocycles. The van der Waals surface area contributed by atoms with E-state index in [2.05, 4.69) is 25.3 Å². The summed E-state index contributed by atoms with van der Waals surface area (Å²) in [5.74, 6) is 0.429. The van der Waals surface area contributed by atoms with E-state index >= 15 is 0 Å². The number of ether oxygens (including phenoxy) is 1. The minimum Gasteiger partial charge on any atom is -0.369 e. The SMILES string of the molecule is Cc1cc(Nc2nccc(-c3cn(C)cn3)n2)cc2cc(C(=O)N3CCC4(CC3)COCC(=O)N4C)[nH]c12. The number of morpholine rings is 1. The van der Waals surface area contributed by atoms with Crippen molar-refractivity contribution in [3.63, 3.8) is 0 Å². The van der Waals surface area contributed by atoms with Gasteiger partial charge in [-0.05, 0) is 49.6 Å². The quantitative estimate of drug-likeness (QED) is 0.430. The second-order valence-corrected chi connectivity index (χ2v) is 10.2. The number of carbonyl (C=O) groups excluding carboxylic acids is 2. The predicted molar refractivity (Wildman–Crippen MR) is 142 cm³/mol. The lowest BCUT2D eigenvalue weighted by atomic mass is 9.85. The van der Waals surface area contributed by atoms with Crippen LogP contribution in [-0.2, 0) is 16.6 Å². The number of aromatic amines is 1. The molecule has 5 heterocycles. The molecule has 2 saturated heterocycles. The molecule has 3 aromatic heterocycles. The normalized spacial score (nSPS) is 17.4. The van der Waals surface area contributed by atoms with Crippen LogP contribution in [0, 0.1) is 6.92 Å². The van der Waals surface area contributed by atoms with Crippen molar-refractivity contribution in [1.82, 2.24) is 34.3 Å². The third-order valence-corrected chi connectivity index (χ3v) is 7.70. The summed E-state index contributed by atoms with van der Waals surface area (Å²) in [6.07, 6.45) is 6.74. The highest BCUT2D eigenvalue weighted by molar-refractivity contribution is 5.99. The average molecular weight is 515 g/mol. The second-order valence-electron chi connectivity index (χ2n) is 10.2. The highest BCUT2D eigenvalue weighted by atomic mass is 16.5. The van der Waals surface area contributed by atoms with Gasteiger partial charge in [0.25, 0.3) is 5.91 Å². The minimum atomic E-state index is -0.320. The monoisotopic (exact) mass is 514 g/mol. The summed E-state index contributed by atoms with van der Waals surface area (Å²) in [5, 5.41) is 4.21. The lowest BCUT2D eigenvalue weighted by molar-refractivity contribution is -0.158. The van der Waals surface area contributed by atoms with Crippen LogP contribution in [0.4, 0.5) is 11.6 Å². The predicted octanol–water partition coefficient (Wildman–Crippen LogP) is 2.87. The van der Waals surface area contributed by atoms with Crippen LogP contribution >= 0.6 is 0 Å². The van der Waals surface area contributed by atoms with E-state index < -0.39 is 0 Å². The van der Waals surface area contributed by atoms with Crippen LogP contribution < -0.4 is 5.32 Å². The highest BCUT2D eigenvalue weighted by Crippen LogP contribution is 2.32. The van der Waals surface area contributed by atoms with Gasteiger partial charge in [0.15, 0.2) is 0 Å². The zero-order valence-corrected chi connectivity index (χ0v) is 21.7. The van der Waals surface area contributed by atoms with Crippen LogP contribution in [0.3, 0.4) is 0 Å². The van der Waals surface area contributed by atoms with E-state index in [9.17, 15) is 9.59 Å². The Labute approximate surface area is 219 Å². The second kappa shape index (κ2) is 9.25. The van der Waals surface area contributed by atoms with Crippen molar-refractivity contribution in [2.24, 2.45) is 7.05 Å². The summed E-state index contributed by atoms with van der Waals surface area (Å²) >= 11 is 0. The number of piperidine rings is 1. The van der Waals surface area contributed by atoms with Crippen molar-refractivity contribution in [2.45, 2.75) is 25.3 Å². The zero-order valence-electron chi connectivity index (χ0n) is 21.7. The minimum absolute atomic E-state index is 0.000363. The number of aryl methyl sites for hydroxylation is 2. The number of amides is 2. The van der Waals surface area contributed by atoms with Crippen LogP contribution in [0.5, 0.6) is 0 Å². The van der Waals surface area contributed by atoms with Crippen molar-refractivity contribution >= 4 is 34.4 Å². The Morgan fingerprint density at radius 3 is 2.71 bits per heavy atom. The maximum absolute atomic E-state index is 13.4. The first-order chi connectivity index (χ1) is 18.3. The van der Waals surface area contributed by atoms with E-state index in [0.29, 0.717) is 44.2 Å². The maximum Gasteiger partial charge on any atom is 0.270 e. The number of benzene rings is 1. The molecule has 2 N–H and O–H groups in total. The zero-order chi connectivity index (χ0) is 26.4. The van der Waals surface area contributed by atoms with Gasteiger partial charge in [0.2, 0.25) is 11.9 Å². The maximum atomic E-state index is 13.4. The van der Waals surface area contributed by atoms with Gasteiger partial charge in [-0.15, -0.1) is 0 Å². The molecule has 2 aliphatic heterocycles. The largest absolute Gasteiger partial charge is 0.369 e. The number of aromatic nitrogens is 5. The van der Waals surface area contributed by atoms with Gasteiger partial charge in [0.05, 0.1) is 24.2 Å². The van der Waals surface area contributed by atoms with E-state index in [1.165, 1.54) is 0 Å². The van der Waals surface area contributed by atoms with Gasteiger partial charge in [-0.2, -0.15) is 0 Å². The molecule has 196 valence electrons. The molecular weight excluding hydrogens is 484 g/mol. The number of H-pyrrole nitrogens is 1. The number of likely N-dealkylation sites (tertiary alicyclic amines) is 1. The number of fused-ring (bicyclic) bond motifs is 1. The third kappa shape index (κ3) is 4.28. The molecule has 4 aromatic rings. The van der Waals surface area contributed by atoms with Gasteiger partial charge in [0.1, 0.15) is 18.0 Å². The molecule has 0 aliphatic carbocycles. The summed E-state index contributed by atoms with van der Waals surface area (Å²) in [4.78, 5) is 45.9. The van der Waals surface area contributed by atoms with E-state index in [4.69, 9.17) is 4.74 Å². The average Bonchev–Trinajstić information content (AvgIpc) is 3.54. The summed E-state index contributed by atoms with van der Waals surface area (Å²) < 4.78 is 7.42. The molecule has 11 heteroatoms. The fourth-order valence-electron chi connectivity index (χ4n) is 5.41. The van der Waals surface area contributed by atoms with Crippen molar-refractivity contribution in [3.8, 4) is 11.4 Å². The van der Waals surface area contributed by atoms with Crippen LogP contribution in [0.2, 0.25) is 0 Å². The third-order valence-electron chi connectivity index (χ3n) is 7.70. The molecule has 6 rings (SSSR count). The summed E-state index contributed by atoms with van der Waals surface area (Å²) in [7, 11) is 3.76. The molecule has 2 amide bonds. The highest BCUT2D eigenvalue weighted by Gasteiger charge is 2.44. The van der Waals surface area contributed by atoms with Crippen molar-refractivity contribution in [1.29, 1.82) is 0 Å². The molecule has 0 atom stereocenters. The smallest absolute Gasteiger partial charge is 0.270 e. The Hall–Kier alpha value is -4.25. The Bertz CT molecular complexity index is 1530. The standard InChI is InChI=1S/C27H30N8O3/c1-17-10-19(30-26-28-7-4-20(32-26)22-13-33(2)16-29-22)11-18-12-21(31-24(17)18)25(37)35-8-5-27(6-9-35)15-38-14-23(36)34(27)3/h4,7,10-13,16,31H,5-6,8-9,14-15H2,1-3H3,(H,28,30,32). The van der Waals surface area contributed by atoms with Gasteiger partial charge < -0.3 is 29.4 Å².